The molecule has 2 saturated heterocycles. The number of hydrogen-bond acceptors (Lipinski definition) is 10. The Bertz CT molecular complexity index is 402. The van der Waals surface area contributed by atoms with Crippen molar-refractivity contribution in [3.63, 3.8) is 0 Å². The number of hydrogen-bond donors (Lipinski definition) is 7. The summed E-state index contributed by atoms with van der Waals surface area (Å²) in [5.41, 5.74) is 0. The first-order valence-electron chi connectivity index (χ1n) is 7.46. The fourth-order valence-electron chi connectivity index (χ4n) is 2.75. The molecule has 7 N–H and O–H groups in total. The van der Waals surface area contributed by atoms with Gasteiger partial charge in [0.1, 0.15) is 0 Å². The summed E-state index contributed by atoms with van der Waals surface area (Å²) < 4.78 is 9.81. The molecule has 2 heterocycles. The second-order valence-corrected chi connectivity index (χ2v) is 10.6. The molecule has 0 aromatic heterocycles. The van der Waals surface area contributed by atoms with Crippen LogP contribution in [0.3, 0.4) is 0 Å². The van der Waals surface area contributed by atoms with Crippen molar-refractivity contribution in [1.82, 2.24) is 0 Å². The summed E-state index contributed by atoms with van der Waals surface area (Å²) in [6.45, 7) is -0.776. The summed E-state index contributed by atoms with van der Waals surface area (Å²) in [5.74, 6) is 0. The predicted molar refractivity (Wildman–Crippen MR) is 84.5 cm³/mol. The van der Waals surface area contributed by atoms with Gasteiger partial charge in [-0.05, 0) is 0 Å². The van der Waals surface area contributed by atoms with E-state index in [1.807, 2.05) is 0 Å². The van der Waals surface area contributed by atoms with Crippen molar-refractivity contribution in [2.24, 2.45) is 0 Å². The van der Waals surface area contributed by atoms with Gasteiger partial charge in [-0.3, -0.25) is 0 Å². The van der Waals surface area contributed by atoms with Crippen LogP contribution in [0.2, 0.25) is 4.82 Å². The number of rotatable bonds is 5. The Labute approximate surface area is 149 Å². The van der Waals surface area contributed by atoms with Crippen LogP contribution in [0, 0.1) is 0 Å². The summed E-state index contributed by atoms with van der Waals surface area (Å²) in [7, 11) is 1.31. The van der Waals surface area contributed by atoms with Gasteiger partial charge in [0.05, 0.1) is 0 Å². The van der Waals surface area contributed by atoms with Crippen LogP contribution >= 0.6 is 11.8 Å². The summed E-state index contributed by atoms with van der Waals surface area (Å²) in [6, 6.07) is 0. The normalized spacial score (nSPS) is 50.0. The molecular weight excluding hydrogens is 411 g/mol. The topological polar surface area (TPSA) is 160 Å². The van der Waals surface area contributed by atoms with Crippen LogP contribution in [0.15, 0.2) is 0 Å². The molecule has 0 radical (unpaired) electrons. The molecule has 2 fully saturated rings. The van der Waals surface area contributed by atoms with Crippen LogP contribution in [0.25, 0.3) is 0 Å². The zero-order chi connectivity index (χ0) is 18.0. The van der Waals surface area contributed by atoms with Crippen molar-refractivity contribution in [2.75, 3.05) is 20.3 Å². The summed E-state index contributed by atoms with van der Waals surface area (Å²) in [4.78, 5) is -0.655. The third kappa shape index (κ3) is 4.08. The zero-order valence-electron chi connectivity index (χ0n) is 13.0. The fourth-order valence-corrected chi connectivity index (χ4v) is 8.54. The van der Waals surface area contributed by atoms with E-state index >= 15 is 0 Å². The molecule has 10 atom stereocenters. The third-order valence-electron chi connectivity index (χ3n) is 4.19. The molecule has 2 aliphatic rings. The molecule has 11 heteroatoms. The van der Waals surface area contributed by atoms with E-state index in [2.05, 4.69) is 0 Å². The van der Waals surface area contributed by atoms with Gasteiger partial charge in [-0.1, -0.05) is 0 Å². The van der Waals surface area contributed by atoms with Crippen LogP contribution in [0.1, 0.15) is 0 Å². The van der Waals surface area contributed by atoms with Crippen LogP contribution in [-0.4, -0.2) is 123 Å². The number of ether oxygens (including phenoxy) is 2. The number of methoxy groups -OCH3 is 1. The van der Waals surface area contributed by atoms with Crippen molar-refractivity contribution in [2.45, 2.75) is 57.1 Å². The van der Waals surface area contributed by atoms with Crippen molar-refractivity contribution in [1.29, 1.82) is 0 Å². The van der Waals surface area contributed by atoms with Crippen LogP contribution in [0.4, 0.5) is 0 Å². The molecule has 0 unspecified atom stereocenters. The van der Waals surface area contributed by atoms with Gasteiger partial charge < -0.3 is 0 Å². The van der Waals surface area contributed by atoms with E-state index in [9.17, 15) is 35.7 Å². The maximum atomic E-state index is 10.3. The van der Waals surface area contributed by atoms with E-state index in [1.54, 1.807) is 0 Å². The first-order chi connectivity index (χ1) is 11.3. The van der Waals surface area contributed by atoms with Gasteiger partial charge in [-0.15, -0.1) is 0 Å². The Morgan fingerprint density at radius 1 is 0.917 bits per heavy atom. The molecule has 0 saturated carbocycles. The molecule has 142 valence electrons. The standard InChI is InChI=1S/C13H24O9SSe/c1-21-12-9(19)8(18)11(4(2-14)22-12)24-13-10(20)7(17)6(16)5(3-15)23-13/h4-20H,2-3H2,1H3/t4-,5-,6-,7+,8-,9-,10-,11-,12+,13-/m1/s1. The Balaban J connectivity index is 2.12. The molecule has 2 rings (SSSR count). The Hall–Kier alpha value is 0.509. The average molecular weight is 435 g/mol. The Morgan fingerprint density at radius 2 is 1.58 bits per heavy atom. The zero-order valence-corrected chi connectivity index (χ0v) is 15.5. The van der Waals surface area contributed by atoms with Crippen molar-refractivity contribution < 1.29 is 45.2 Å². The number of aliphatic hydroxyl groups is 7. The molecule has 0 bridgehead atoms. The Kier molecular flexibility index (Phi) is 7.75. The van der Waals surface area contributed by atoms with E-state index in [1.165, 1.54) is 7.11 Å². The molecular formula is C13H24O9SSe. The van der Waals surface area contributed by atoms with Crippen molar-refractivity contribution in [3.8, 4) is 0 Å². The van der Waals surface area contributed by atoms with E-state index in [0.29, 0.717) is 0 Å². The molecule has 0 aromatic carbocycles. The molecule has 0 aromatic rings. The van der Waals surface area contributed by atoms with E-state index in [4.69, 9.17) is 9.47 Å². The number of thioether (sulfide) groups is 1. The summed E-state index contributed by atoms with van der Waals surface area (Å²) in [5, 5.41) is 68.5. The van der Waals surface area contributed by atoms with Gasteiger partial charge in [-0.25, -0.2) is 0 Å². The van der Waals surface area contributed by atoms with Crippen LogP contribution in [0.5, 0.6) is 0 Å². The van der Waals surface area contributed by atoms with Crippen LogP contribution < -0.4 is 0 Å². The third-order valence-corrected chi connectivity index (χ3v) is 9.82. The second kappa shape index (κ2) is 8.94. The molecule has 9 nitrogen and oxygen atoms in total. The first-order valence-corrected chi connectivity index (χ1v) is 10.4. The van der Waals surface area contributed by atoms with Gasteiger partial charge in [0, 0.05) is 0 Å². The molecule has 0 amide bonds. The van der Waals surface area contributed by atoms with Gasteiger partial charge in [0.15, 0.2) is 0 Å². The molecule has 24 heavy (non-hydrogen) atoms. The summed E-state index contributed by atoms with van der Waals surface area (Å²) in [6.07, 6.45) is -8.32. The van der Waals surface area contributed by atoms with Crippen molar-refractivity contribution >= 4 is 26.7 Å². The Morgan fingerprint density at radius 3 is 2.12 bits per heavy atom. The average Bonchev–Trinajstić information content (AvgIpc) is 2.59. The molecule has 2 aliphatic heterocycles. The second-order valence-electron chi connectivity index (χ2n) is 5.74. The van der Waals surface area contributed by atoms with Crippen molar-refractivity contribution in [3.05, 3.63) is 0 Å². The predicted octanol–water partition coefficient (Wildman–Crippen LogP) is -3.92. The maximum absolute atomic E-state index is 10.3. The van der Waals surface area contributed by atoms with Crippen LogP contribution in [-0.2, 0) is 9.47 Å². The minimum absolute atomic E-state index is 0.371. The molecule has 0 spiro atoms. The summed E-state index contributed by atoms with van der Waals surface area (Å²) >= 11 is 0.546. The van der Waals surface area contributed by atoms with Gasteiger partial charge in [-0.2, -0.15) is 0 Å². The van der Waals surface area contributed by atoms with E-state index in [-0.39, 0.29) is 6.61 Å². The SMILES string of the molecule is CO[C@H]1O[C@H](CO)[C@@H]([Se][C@H]2S[C@H](CO)[C@@H](O)[C@H](O)[C@H]2O)[C@H](O)[C@H]1O. The van der Waals surface area contributed by atoms with Gasteiger partial charge in [0.25, 0.3) is 0 Å². The fraction of sp³-hybridized carbons (Fsp3) is 1.00. The molecule has 0 aliphatic carbocycles. The van der Waals surface area contributed by atoms with E-state index < -0.39 is 78.7 Å². The quantitative estimate of drug-likeness (QED) is 0.213. The monoisotopic (exact) mass is 436 g/mol. The first kappa shape index (κ1) is 20.8. The van der Waals surface area contributed by atoms with E-state index in [0.717, 1.165) is 11.8 Å². The minimum atomic E-state index is -1.42. The van der Waals surface area contributed by atoms with Gasteiger partial charge in [0.2, 0.25) is 0 Å². The number of aliphatic hydroxyl groups excluding tert-OH is 7. The van der Waals surface area contributed by atoms with Gasteiger partial charge >= 0.3 is 149 Å².